The lowest BCUT2D eigenvalue weighted by Gasteiger charge is -2.21. The van der Waals surface area contributed by atoms with Crippen molar-refractivity contribution in [3.8, 4) is 5.75 Å². The van der Waals surface area contributed by atoms with Gasteiger partial charge in [-0.05, 0) is 23.8 Å². The third kappa shape index (κ3) is 3.93. The van der Waals surface area contributed by atoms with E-state index in [-0.39, 0.29) is 5.56 Å². The molecule has 0 radical (unpaired) electrons. The molecule has 0 spiro atoms. The predicted octanol–water partition coefficient (Wildman–Crippen LogP) is 3.28. The molecule has 2 aromatic carbocycles. The number of rotatable bonds is 4. The summed E-state index contributed by atoms with van der Waals surface area (Å²) in [7, 11) is 0. The second kappa shape index (κ2) is 6.11. The average molecular weight is 300 g/mol. The first-order valence-electron chi connectivity index (χ1n) is 5.97. The van der Waals surface area contributed by atoms with Crippen molar-refractivity contribution in [2.24, 2.45) is 5.84 Å². The number of hydrogen-bond donors (Lipinski definition) is 2. The molecule has 0 heterocycles. The highest BCUT2D eigenvalue weighted by molar-refractivity contribution is 5.41. The Morgan fingerprint density at radius 1 is 1.05 bits per heavy atom. The number of para-hydroxylation sites is 1. The van der Waals surface area contributed by atoms with Gasteiger partial charge in [-0.25, -0.2) is 9.82 Å². The first kappa shape index (κ1) is 15.3. The van der Waals surface area contributed by atoms with Gasteiger partial charge < -0.3 is 4.74 Å². The minimum Gasteiger partial charge on any atom is -0.405 e. The summed E-state index contributed by atoms with van der Waals surface area (Å²) in [5.41, 5.74) is 2.91. The summed E-state index contributed by atoms with van der Waals surface area (Å²) in [4.78, 5) is 0. The first-order valence-corrected chi connectivity index (χ1v) is 5.97. The lowest BCUT2D eigenvalue weighted by molar-refractivity contribution is -0.275. The van der Waals surface area contributed by atoms with E-state index in [1.165, 1.54) is 36.4 Å². The Labute approximate surface area is 118 Å². The van der Waals surface area contributed by atoms with Crippen molar-refractivity contribution >= 4 is 0 Å². The Bertz CT molecular complexity index is 616. The number of hydrazine groups is 1. The van der Waals surface area contributed by atoms with Crippen LogP contribution >= 0.6 is 0 Å². The number of ether oxygens (including phenoxy) is 1. The second-order valence-corrected chi connectivity index (χ2v) is 4.24. The van der Waals surface area contributed by atoms with Crippen LogP contribution in [0.3, 0.4) is 0 Å². The maximum absolute atomic E-state index is 13.3. The molecule has 0 aromatic heterocycles. The van der Waals surface area contributed by atoms with Gasteiger partial charge in [-0.15, -0.1) is 13.2 Å². The van der Waals surface area contributed by atoms with Crippen LogP contribution in [0.2, 0.25) is 0 Å². The number of halogens is 4. The van der Waals surface area contributed by atoms with E-state index >= 15 is 0 Å². The van der Waals surface area contributed by atoms with Crippen LogP contribution < -0.4 is 16.0 Å². The van der Waals surface area contributed by atoms with Crippen molar-refractivity contribution in [1.29, 1.82) is 0 Å². The van der Waals surface area contributed by atoms with Crippen LogP contribution in [-0.2, 0) is 0 Å². The normalized spacial score (nSPS) is 13.0. The molecule has 3 N–H and O–H groups in total. The van der Waals surface area contributed by atoms with E-state index in [4.69, 9.17) is 5.84 Å². The molecule has 112 valence electrons. The van der Waals surface area contributed by atoms with Gasteiger partial charge in [0.2, 0.25) is 0 Å². The SMILES string of the molecule is NNC(c1cccc(F)c1)c1ccccc1OC(F)(F)F. The number of hydrogen-bond acceptors (Lipinski definition) is 3. The van der Waals surface area contributed by atoms with Gasteiger partial charge in [0.15, 0.2) is 0 Å². The molecule has 7 heteroatoms. The summed E-state index contributed by atoms with van der Waals surface area (Å²) in [6.07, 6.45) is -4.82. The molecule has 0 amide bonds. The topological polar surface area (TPSA) is 47.3 Å². The Hall–Kier alpha value is -2.12. The first-order chi connectivity index (χ1) is 9.90. The summed E-state index contributed by atoms with van der Waals surface area (Å²) in [5, 5.41) is 0. The average Bonchev–Trinajstić information content (AvgIpc) is 2.40. The van der Waals surface area contributed by atoms with Gasteiger partial charge in [-0.1, -0.05) is 30.3 Å². The van der Waals surface area contributed by atoms with Crippen LogP contribution in [0.1, 0.15) is 17.2 Å². The molecule has 0 fully saturated rings. The molecular weight excluding hydrogens is 288 g/mol. The fourth-order valence-electron chi connectivity index (χ4n) is 1.99. The molecule has 0 aliphatic carbocycles. The largest absolute Gasteiger partial charge is 0.573 e. The van der Waals surface area contributed by atoms with Crippen LogP contribution in [0.25, 0.3) is 0 Å². The molecule has 0 bridgehead atoms. The molecule has 1 unspecified atom stereocenters. The van der Waals surface area contributed by atoms with Crippen molar-refractivity contribution in [3.05, 3.63) is 65.5 Å². The molecular formula is C14H12F4N2O. The van der Waals surface area contributed by atoms with Crippen LogP contribution in [0.15, 0.2) is 48.5 Å². The van der Waals surface area contributed by atoms with E-state index in [0.717, 1.165) is 0 Å². The number of benzene rings is 2. The molecule has 21 heavy (non-hydrogen) atoms. The Morgan fingerprint density at radius 3 is 2.38 bits per heavy atom. The van der Waals surface area contributed by atoms with Gasteiger partial charge >= 0.3 is 6.36 Å². The molecule has 0 aliphatic rings. The highest BCUT2D eigenvalue weighted by Gasteiger charge is 2.33. The van der Waals surface area contributed by atoms with Crippen LogP contribution in [0.4, 0.5) is 17.6 Å². The number of nitrogens with one attached hydrogen (secondary N) is 1. The van der Waals surface area contributed by atoms with Crippen LogP contribution in [-0.4, -0.2) is 6.36 Å². The molecule has 0 saturated carbocycles. The summed E-state index contributed by atoms with van der Waals surface area (Å²) < 4.78 is 54.5. The van der Waals surface area contributed by atoms with Crippen molar-refractivity contribution in [1.82, 2.24) is 5.43 Å². The van der Waals surface area contributed by atoms with Crippen molar-refractivity contribution in [2.45, 2.75) is 12.4 Å². The van der Waals surface area contributed by atoms with Gasteiger partial charge in [-0.2, -0.15) is 0 Å². The van der Waals surface area contributed by atoms with Crippen molar-refractivity contribution in [3.63, 3.8) is 0 Å². The second-order valence-electron chi connectivity index (χ2n) is 4.24. The minimum atomic E-state index is -4.82. The molecule has 2 aromatic rings. The Balaban J connectivity index is 2.43. The maximum atomic E-state index is 13.3. The highest BCUT2D eigenvalue weighted by atomic mass is 19.4. The van der Waals surface area contributed by atoms with Gasteiger partial charge in [0.1, 0.15) is 11.6 Å². The summed E-state index contributed by atoms with van der Waals surface area (Å²) in [6, 6.07) is 10.1. The lowest BCUT2D eigenvalue weighted by Crippen LogP contribution is -2.30. The predicted molar refractivity (Wildman–Crippen MR) is 68.7 cm³/mol. The summed E-state index contributed by atoms with van der Waals surface area (Å²) in [6.45, 7) is 0. The standard InChI is InChI=1S/C14H12F4N2O/c15-10-5-3-4-9(8-10)13(20-19)11-6-1-2-7-12(11)21-14(16,17)18/h1-8,13,20H,19H2. The lowest BCUT2D eigenvalue weighted by atomic mass is 9.98. The Morgan fingerprint density at radius 2 is 1.76 bits per heavy atom. The quantitative estimate of drug-likeness (QED) is 0.517. The Kier molecular flexibility index (Phi) is 4.44. The molecule has 0 saturated heterocycles. The van der Waals surface area contributed by atoms with E-state index in [1.807, 2.05) is 0 Å². The minimum absolute atomic E-state index is 0.155. The fraction of sp³-hybridized carbons (Fsp3) is 0.143. The summed E-state index contributed by atoms with van der Waals surface area (Å²) >= 11 is 0. The van der Waals surface area contributed by atoms with Crippen molar-refractivity contribution in [2.75, 3.05) is 0 Å². The highest BCUT2D eigenvalue weighted by Crippen LogP contribution is 2.33. The van der Waals surface area contributed by atoms with Gasteiger partial charge in [0, 0.05) is 5.56 Å². The molecule has 1 atom stereocenters. The molecule has 2 rings (SSSR count). The van der Waals surface area contributed by atoms with Crippen LogP contribution in [0, 0.1) is 5.82 Å². The van der Waals surface area contributed by atoms with E-state index < -0.39 is 24.0 Å². The zero-order chi connectivity index (χ0) is 15.5. The van der Waals surface area contributed by atoms with E-state index in [9.17, 15) is 17.6 Å². The molecule has 0 aliphatic heterocycles. The van der Waals surface area contributed by atoms with E-state index in [0.29, 0.717) is 5.56 Å². The van der Waals surface area contributed by atoms with Gasteiger partial charge in [0.05, 0.1) is 6.04 Å². The van der Waals surface area contributed by atoms with E-state index in [1.54, 1.807) is 12.1 Å². The van der Waals surface area contributed by atoms with E-state index in [2.05, 4.69) is 10.2 Å². The number of alkyl halides is 3. The monoisotopic (exact) mass is 300 g/mol. The number of nitrogens with two attached hydrogens (primary N) is 1. The molecule has 3 nitrogen and oxygen atoms in total. The zero-order valence-corrected chi connectivity index (χ0v) is 10.7. The van der Waals surface area contributed by atoms with Crippen LogP contribution in [0.5, 0.6) is 5.75 Å². The smallest absolute Gasteiger partial charge is 0.405 e. The third-order valence-electron chi connectivity index (χ3n) is 2.80. The maximum Gasteiger partial charge on any atom is 0.573 e. The third-order valence-corrected chi connectivity index (χ3v) is 2.80. The van der Waals surface area contributed by atoms with Gasteiger partial charge in [-0.3, -0.25) is 5.84 Å². The fourth-order valence-corrected chi connectivity index (χ4v) is 1.99. The summed E-state index contributed by atoms with van der Waals surface area (Å²) in [5.74, 6) is 4.51. The zero-order valence-electron chi connectivity index (χ0n) is 10.7. The van der Waals surface area contributed by atoms with Crippen molar-refractivity contribution < 1.29 is 22.3 Å². The van der Waals surface area contributed by atoms with Gasteiger partial charge in [0.25, 0.3) is 0 Å².